The number of carboxylic acid groups (broad SMARTS) is 1. The zero-order valence-electron chi connectivity index (χ0n) is 9.56. The zero-order valence-corrected chi connectivity index (χ0v) is 11.1. The van der Waals surface area contributed by atoms with Crippen molar-refractivity contribution in [3.63, 3.8) is 0 Å². The molecule has 0 aliphatic rings. The first-order valence-corrected chi connectivity index (χ1v) is 6.19. The molecule has 1 aromatic rings. The summed E-state index contributed by atoms with van der Waals surface area (Å²) in [4.78, 5) is 10.0. The van der Waals surface area contributed by atoms with Crippen LogP contribution in [0.2, 0.25) is 0 Å². The van der Waals surface area contributed by atoms with Gasteiger partial charge in [0.1, 0.15) is 6.04 Å². The average molecular weight is 288 g/mol. The van der Waals surface area contributed by atoms with Crippen LogP contribution in [0, 0.1) is 5.92 Å². The maximum atomic E-state index is 10.0. The molecule has 0 saturated carbocycles. The van der Waals surface area contributed by atoms with Gasteiger partial charge in [0.25, 0.3) is 0 Å². The van der Waals surface area contributed by atoms with E-state index in [1.54, 1.807) is 13.8 Å². The Bertz CT molecular complexity index is 301. The minimum atomic E-state index is -0.931. The predicted octanol–water partition coefficient (Wildman–Crippen LogP) is 2.64. The molecule has 1 aromatic carbocycles. The Morgan fingerprint density at radius 1 is 1.38 bits per heavy atom. The summed E-state index contributed by atoms with van der Waals surface area (Å²) in [5.74, 6) is -0.910. The number of hydrogen-bond donors (Lipinski definition) is 2. The third-order valence-corrected chi connectivity index (χ3v) is 2.65. The molecule has 0 heterocycles. The van der Waals surface area contributed by atoms with Crippen LogP contribution in [0.1, 0.15) is 19.4 Å². The second-order valence-corrected chi connectivity index (χ2v) is 4.29. The van der Waals surface area contributed by atoms with Crippen molar-refractivity contribution < 1.29 is 9.90 Å². The van der Waals surface area contributed by atoms with Crippen LogP contribution in [-0.4, -0.2) is 17.1 Å². The van der Waals surface area contributed by atoms with E-state index in [2.05, 4.69) is 28.1 Å². The van der Waals surface area contributed by atoms with E-state index in [1.165, 1.54) is 5.56 Å². The van der Waals surface area contributed by atoms with Crippen LogP contribution in [0.25, 0.3) is 0 Å². The SMILES string of the molecule is BrCc1ccccc1.CC(C)[C@H](N)C(=O)O. The predicted molar refractivity (Wildman–Crippen MR) is 69.5 cm³/mol. The van der Waals surface area contributed by atoms with Crippen LogP contribution in [0.4, 0.5) is 0 Å². The molecule has 3 N–H and O–H groups in total. The highest BCUT2D eigenvalue weighted by molar-refractivity contribution is 9.08. The minimum Gasteiger partial charge on any atom is -0.480 e. The summed E-state index contributed by atoms with van der Waals surface area (Å²) in [5.41, 5.74) is 6.49. The van der Waals surface area contributed by atoms with Gasteiger partial charge >= 0.3 is 5.97 Å². The van der Waals surface area contributed by atoms with Gasteiger partial charge < -0.3 is 10.8 Å². The molecule has 0 bridgehead atoms. The molecular weight excluding hydrogens is 270 g/mol. The molecule has 0 fully saturated rings. The maximum Gasteiger partial charge on any atom is 0.320 e. The van der Waals surface area contributed by atoms with Crippen LogP contribution in [0.15, 0.2) is 30.3 Å². The third-order valence-electron chi connectivity index (χ3n) is 2.00. The summed E-state index contributed by atoms with van der Waals surface area (Å²) in [6.07, 6.45) is 0. The summed E-state index contributed by atoms with van der Waals surface area (Å²) >= 11 is 3.36. The number of hydrogen-bond acceptors (Lipinski definition) is 2. The fourth-order valence-electron chi connectivity index (χ4n) is 0.852. The molecule has 16 heavy (non-hydrogen) atoms. The van der Waals surface area contributed by atoms with Gasteiger partial charge in [-0.25, -0.2) is 0 Å². The summed E-state index contributed by atoms with van der Waals surface area (Å²) in [5, 5.41) is 9.18. The van der Waals surface area contributed by atoms with Crippen LogP contribution in [0.3, 0.4) is 0 Å². The number of halogens is 1. The Kier molecular flexibility index (Phi) is 7.85. The Morgan fingerprint density at radius 3 is 2.06 bits per heavy atom. The second-order valence-electron chi connectivity index (χ2n) is 3.73. The molecule has 0 unspecified atom stereocenters. The topological polar surface area (TPSA) is 63.3 Å². The highest BCUT2D eigenvalue weighted by Crippen LogP contribution is 2.02. The van der Waals surface area contributed by atoms with Gasteiger partial charge in [-0.3, -0.25) is 4.79 Å². The Morgan fingerprint density at radius 2 is 1.88 bits per heavy atom. The van der Waals surface area contributed by atoms with Crippen molar-refractivity contribution in [3.05, 3.63) is 35.9 Å². The number of alkyl halides is 1. The normalized spacial score (nSPS) is 11.6. The highest BCUT2D eigenvalue weighted by Gasteiger charge is 2.14. The first kappa shape index (κ1) is 15.1. The van der Waals surface area contributed by atoms with Gasteiger partial charge in [-0.15, -0.1) is 0 Å². The van der Waals surface area contributed by atoms with Crippen LogP contribution in [0.5, 0.6) is 0 Å². The average Bonchev–Trinajstić information content (AvgIpc) is 2.29. The lowest BCUT2D eigenvalue weighted by atomic mass is 10.1. The first-order chi connectivity index (χ1) is 7.49. The van der Waals surface area contributed by atoms with Crippen molar-refractivity contribution >= 4 is 21.9 Å². The van der Waals surface area contributed by atoms with Gasteiger partial charge in [0, 0.05) is 5.33 Å². The zero-order chi connectivity index (χ0) is 12.6. The van der Waals surface area contributed by atoms with Crippen molar-refractivity contribution in [2.75, 3.05) is 0 Å². The molecule has 0 amide bonds. The van der Waals surface area contributed by atoms with Crippen molar-refractivity contribution in [1.29, 1.82) is 0 Å². The van der Waals surface area contributed by atoms with Gasteiger partial charge in [-0.05, 0) is 11.5 Å². The molecule has 4 heteroatoms. The molecule has 3 nitrogen and oxygen atoms in total. The van der Waals surface area contributed by atoms with Gasteiger partial charge in [-0.2, -0.15) is 0 Å². The summed E-state index contributed by atoms with van der Waals surface area (Å²) in [7, 11) is 0. The van der Waals surface area contributed by atoms with E-state index in [0.29, 0.717) is 0 Å². The van der Waals surface area contributed by atoms with Gasteiger partial charge in [0.2, 0.25) is 0 Å². The van der Waals surface area contributed by atoms with E-state index in [1.807, 2.05) is 18.2 Å². The molecule has 90 valence electrons. The van der Waals surface area contributed by atoms with Gasteiger partial charge in [0.05, 0.1) is 0 Å². The van der Waals surface area contributed by atoms with Gasteiger partial charge in [0.15, 0.2) is 0 Å². The van der Waals surface area contributed by atoms with E-state index >= 15 is 0 Å². The number of nitrogens with two attached hydrogens (primary N) is 1. The lowest BCUT2D eigenvalue weighted by Gasteiger charge is -2.07. The fraction of sp³-hybridized carbons (Fsp3) is 0.417. The van der Waals surface area contributed by atoms with Crippen LogP contribution in [-0.2, 0) is 10.1 Å². The molecular formula is C12H18BrNO2. The van der Waals surface area contributed by atoms with Crippen LogP contribution < -0.4 is 5.73 Å². The van der Waals surface area contributed by atoms with Crippen molar-refractivity contribution in [2.24, 2.45) is 11.7 Å². The van der Waals surface area contributed by atoms with Crippen molar-refractivity contribution in [2.45, 2.75) is 25.2 Å². The molecule has 1 rings (SSSR count). The van der Waals surface area contributed by atoms with Crippen LogP contribution >= 0.6 is 15.9 Å². The molecule has 0 aromatic heterocycles. The summed E-state index contributed by atoms with van der Waals surface area (Å²) < 4.78 is 0. The maximum absolute atomic E-state index is 10.0. The Balaban J connectivity index is 0.000000281. The number of benzene rings is 1. The third kappa shape index (κ3) is 6.58. The lowest BCUT2D eigenvalue weighted by Crippen LogP contribution is -2.34. The number of aliphatic carboxylic acids is 1. The standard InChI is InChI=1S/C7H7Br.C5H11NO2/c8-6-7-4-2-1-3-5-7;1-3(2)4(6)5(7)8/h1-5H,6H2;3-4H,6H2,1-2H3,(H,7,8)/t;4-/m.0/s1. The van der Waals surface area contributed by atoms with E-state index in [-0.39, 0.29) is 5.92 Å². The molecule has 1 atom stereocenters. The summed E-state index contributed by atoms with van der Waals surface area (Å²) in [6.45, 7) is 3.55. The molecule has 0 aliphatic heterocycles. The van der Waals surface area contributed by atoms with E-state index in [9.17, 15) is 4.79 Å². The highest BCUT2D eigenvalue weighted by atomic mass is 79.9. The van der Waals surface area contributed by atoms with Gasteiger partial charge in [-0.1, -0.05) is 60.1 Å². The Hall–Kier alpha value is -0.870. The molecule has 0 saturated heterocycles. The first-order valence-electron chi connectivity index (χ1n) is 5.07. The Labute approximate surface area is 105 Å². The van der Waals surface area contributed by atoms with Crippen molar-refractivity contribution in [3.8, 4) is 0 Å². The monoisotopic (exact) mass is 287 g/mol. The van der Waals surface area contributed by atoms with E-state index < -0.39 is 12.0 Å². The summed E-state index contributed by atoms with van der Waals surface area (Å²) in [6, 6.07) is 9.57. The number of carboxylic acids is 1. The smallest absolute Gasteiger partial charge is 0.320 e. The lowest BCUT2D eigenvalue weighted by molar-refractivity contribution is -0.139. The quantitative estimate of drug-likeness (QED) is 0.840. The minimum absolute atomic E-state index is 0.0208. The largest absolute Gasteiger partial charge is 0.480 e. The number of rotatable bonds is 3. The second kappa shape index (κ2) is 8.30. The fourth-order valence-corrected chi connectivity index (χ4v) is 1.23. The van der Waals surface area contributed by atoms with Crippen molar-refractivity contribution in [1.82, 2.24) is 0 Å². The van der Waals surface area contributed by atoms with E-state index in [4.69, 9.17) is 10.8 Å². The molecule has 0 aliphatic carbocycles. The molecule has 0 spiro atoms. The number of carbonyl (C=O) groups is 1. The van der Waals surface area contributed by atoms with E-state index in [0.717, 1.165) is 5.33 Å². The molecule has 0 radical (unpaired) electrons.